The molecule has 164 valence electrons. The maximum absolute atomic E-state index is 11.7. The summed E-state index contributed by atoms with van der Waals surface area (Å²) in [6.45, 7) is 1.96. The number of hydrogen-bond donors (Lipinski definition) is 6. The number of piperidine rings is 1. The molecule has 2 heterocycles. The van der Waals surface area contributed by atoms with Gasteiger partial charge in [-0.2, -0.15) is 0 Å². The van der Waals surface area contributed by atoms with Crippen LogP contribution in [-0.4, -0.2) is 92.0 Å². The van der Waals surface area contributed by atoms with Gasteiger partial charge in [0.15, 0.2) is 0 Å². The summed E-state index contributed by atoms with van der Waals surface area (Å²) in [6.07, 6.45) is 3.83. The third-order valence-corrected chi connectivity index (χ3v) is 6.31. The van der Waals surface area contributed by atoms with E-state index in [0.29, 0.717) is 13.0 Å². The Kier molecular flexibility index (Phi) is 9.59. The average Bonchev–Trinajstić information content (AvgIpc) is 2.97. The van der Waals surface area contributed by atoms with Crippen molar-refractivity contribution in [2.24, 2.45) is 0 Å². The van der Waals surface area contributed by atoms with Crippen LogP contribution in [0.25, 0.3) is 0 Å². The third-order valence-electron chi connectivity index (χ3n) is 6.31. The van der Waals surface area contributed by atoms with Crippen LogP contribution in [0.4, 0.5) is 0 Å². The molecule has 1 amide bonds. The van der Waals surface area contributed by atoms with E-state index >= 15 is 0 Å². The third kappa shape index (κ3) is 6.11. The van der Waals surface area contributed by atoms with E-state index in [1.807, 2.05) is 0 Å². The second kappa shape index (κ2) is 11.4. The molecule has 0 aromatic heterocycles. The highest BCUT2D eigenvalue weighted by Crippen LogP contribution is 2.24. The molecule has 0 saturated carbocycles. The number of aliphatic hydroxyl groups excluding tert-OH is 5. The van der Waals surface area contributed by atoms with Crippen LogP contribution in [-0.2, 0) is 4.79 Å². The molecule has 0 aliphatic carbocycles. The Hall–Kier alpha value is -0.770. The molecule has 0 aromatic carbocycles. The number of likely N-dealkylation sites (tertiary alicyclic amines) is 1. The van der Waals surface area contributed by atoms with Gasteiger partial charge in [-0.15, -0.1) is 0 Å². The summed E-state index contributed by atoms with van der Waals surface area (Å²) in [5, 5.41) is 52.8. The lowest BCUT2D eigenvalue weighted by atomic mass is 9.92. The molecule has 0 spiro atoms. The first-order valence-corrected chi connectivity index (χ1v) is 10.7. The van der Waals surface area contributed by atoms with Crippen LogP contribution in [0.15, 0.2) is 0 Å². The Morgan fingerprint density at radius 3 is 2.39 bits per heavy atom. The fraction of sp³-hybridized carbons (Fsp3) is 0.950. The first-order chi connectivity index (χ1) is 13.4. The van der Waals surface area contributed by atoms with Crippen LogP contribution < -0.4 is 5.32 Å². The molecule has 0 bridgehead atoms. The lowest BCUT2D eigenvalue weighted by Gasteiger charge is -2.39. The van der Waals surface area contributed by atoms with Crippen molar-refractivity contribution < 1.29 is 30.3 Å². The highest BCUT2D eigenvalue weighted by atomic mass is 16.3. The van der Waals surface area contributed by atoms with E-state index in [1.165, 1.54) is 6.92 Å². The van der Waals surface area contributed by atoms with Crippen LogP contribution in [0.3, 0.4) is 0 Å². The molecular weight excluding hydrogens is 364 g/mol. The van der Waals surface area contributed by atoms with Crippen molar-refractivity contribution in [3.8, 4) is 0 Å². The van der Waals surface area contributed by atoms with Crippen molar-refractivity contribution in [3.05, 3.63) is 0 Å². The van der Waals surface area contributed by atoms with Crippen molar-refractivity contribution >= 4 is 5.91 Å². The van der Waals surface area contributed by atoms with Gasteiger partial charge in [0.2, 0.25) is 5.91 Å². The molecule has 2 saturated heterocycles. The Labute approximate surface area is 167 Å². The van der Waals surface area contributed by atoms with E-state index in [-0.39, 0.29) is 24.6 Å². The molecule has 0 aromatic rings. The highest BCUT2D eigenvalue weighted by molar-refractivity contribution is 5.73. The summed E-state index contributed by atoms with van der Waals surface area (Å²) in [5.74, 6) is -0.0489. The SMILES string of the molecule is CC(=O)N1CCCC[C@H]1[C@@H](O)[C@H](O)CCCCCC[C@@H]1N[C@@H](CO)[C@H](O)[C@H]1O. The fourth-order valence-electron chi connectivity index (χ4n) is 4.56. The van der Waals surface area contributed by atoms with E-state index in [1.54, 1.807) is 4.90 Å². The van der Waals surface area contributed by atoms with Gasteiger partial charge >= 0.3 is 0 Å². The monoisotopic (exact) mass is 402 g/mol. The summed E-state index contributed by atoms with van der Waals surface area (Å²) in [6, 6.07) is -0.962. The molecule has 7 atom stereocenters. The minimum atomic E-state index is -0.930. The normalized spacial score (nSPS) is 33.1. The molecule has 2 aliphatic rings. The van der Waals surface area contributed by atoms with Gasteiger partial charge in [0.05, 0.1) is 37.0 Å². The fourth-order valence-corrected chi connectivity index (χ4v) is 4.56. The Morgan fingerprint density at radius 1 is 1.07 bits per heavy atom. The maximum Gasteiger partial charge on any atom is 0.219 e. The van der Waals surface area contributed by atoms with Gasteiger partial charge in [0.1, 0.15) is 6.10 Å². The minimum Gasteiger partial charge on any atom is -0.395 e. The van der Waals surface area contributed by atoms with Gasteiger partial charge in [0, 0.05) is 19.5 Å². The zero-order chi connectivity index (χ0) is 20.7. The Morgan fingerprint density at radius 2 is 1.75 bits per heavy atom. The van der Waals surface area contributed by atoms with E-state index in [9.17, 15) is 25.2 Å². The molecular formula is C20H38N2O6. The number of carbonyl (C=O) groups excluding carboxylic acids is 1. The molecule has 0 radical (unpaired) electrons. The first-order valence-electron chi connectivity index (χ1n) is 10.7. The van der Waals surface area contributed by atoms with Gasteiger partial charge < -0.3 is 35.7 Å². The Balaban J connectivity index is 1.62. The number of unbranched alkanes of at least 4 members (excludes halogenated alkanes) is 3. The number of nitrogens with one attached hydrogen (secondary N) is 1. The van der Waals surface area contributed by atoms with Crippen LogP contribution in [0.5, 0.6) is 0 Å². The number of amides is 1. The topological polar surface area (TPSA) is 133 Å². The summed E-state index contributed by atoms with van der Waals surface area (Å²) in [4.78, 5) is 13.4. The van der Waals surface area contributed by atoms with E-state index in [2.05, 4.69) is 5.32 Å². The molecule has 0 unspecified atom stereocenters. The van der Waals surface area contributed by atoms with Gasteiger partial charge in [-0.3, -0.25) is 4.79 Å². The number of hydrogen-bond acceptors (Lipinski definition) is 7. The summed E-state index contributed by atoms with van der Waals surface area (Å²) >= 11 is 0. The molecule has 2 rings (SSSR count). The predicted molar refractivity (Wildman–Crippen MR) is 105 cm³/mol. The maximum atomic E-state index is 11.7. The number of carbonyl (C=O) groups is 1. The zero-order valence-electron chi connectivity index (χ0n) is 16.9. The largest absolute Gasteiger partial charge is 0.395 e. The average molecular weight is 403 g/mol. The summed E-state index contributed by atoms with van der Waals surface area (Å²) in [5.41, 5.74) is 0. The van der Waals surface area contributed by atoms with Crippen molar-refractivity contribution in [2.45, 2.75) is 107 Å². The van der Waals surface area contributed by atoms with Gasteiger partial charge in [-0.25, -0.2) is 0 Å². The smallest absolute Gasteiger partial charge is 0.219 e. The van der Waals surface area contributed by atoms with Crippen LogP contribution in [0.1, 0.15) is 64.7 Å². The zero-order valence-corrected chi connectivity index (χ0v) is 16.9. The van der Waals surface area contributed by atoms with Crippen LogP contribution in [0.2, 0.25) is 0 Å². The quantitative estimate of drug-likeness (QED) is 0.272. The van der Waals surface area contributed by atoms with Crippen molar-refractivity contribution in [1.29, 1.82) is 0 Å². The first kappa shape index (κ1) is 23.5. The molecule has 6 N–H and O–H groups in total. The lowest BCUT2D eigenvalue weighted by Crippen LogP contribution is -2.52. The number of aliphatic hydroxyl groups is 5. The second-order valence-corrected chi connectivity index (χ2v) is 8.37. The predicted octanol–water partition coefficient (Wildman–Crippen LogP) is -0.496. The summed E-state index contributed by atoms with van der Waals surface area (Å²) in [7, 11) is 0. The van der Waals surface area contributed by atoms with E-state index in [0.717, 1.165) is 51.4 Å². The molecule has 2 fully saturated rings. The molecule has 8 nitrogen and oxygen atoms in total. The minimum absolute atomic E-state index is 0.0489. The highest BCUT2D eigenvalue weighted by Gasteiger charge is 2.39. The number of nitrogens with zero attached hydrogens (tertiary/aromatic N) is 1. The van der Waals surface area contributed by atoms with E-state index in [4.69, 9.17) is 5.11 Å². The Bertz CT molecular complexity index is 480. The van der Waals surface area contributed by atoms with Crippen molar-refractivity contribution in [2.75, 3.05) is 13.2 Å². The summed E-state index contributed by atoms with van der Waals surface area (Å²) < 4.78 is 0. The number of rotatable bonds is 10. The standard InChI is InChI=1S/C20H38N2O6/c1-13(24)22-11-7-6-9-16(22)20(28)17(25)10-5-3-2-4-8-14-18(26)19(27)15(12-23)21-14/h14-21,23,25-28H,2-12H2,1H3/t14-,15-,16-,17+,18-,19-,20+/m0/s1. The second-order valence-electron chi connectivity index (χ2n) is 8.37. The lowest BCUT2D eigenvalue weighted by molar-refractivity contribution is -0.138. The van der Waals surface area contributed by atoms with Crippen LogP contribution >= 0.6 is 0 Å². The van der Waals surface area contributed by atoms with E-state index < -0.39 is 30.5 Å². The van der Waals surface area contributed by atoms with Crippen LogP contribution in [0, 0.1) is 0 Å². The van der Waals surface area contributed by atoms with Crippen molar-refractivity contribution in [3.63, 3.8) is 0 Å². The van der Waals surface area contributed by atoms with Gasteiger partial charge in [0.25, 0.3) is 0 Å². The molecule has 28 heavy (non-hydrogen) atoms. The molecule has 8 heteroatoms. The van der Waals surface area contributed by atoms with Crippen molar-refractivity contribution in [1.82, 2.24) is 10.2 Å². The molecule has 2 aliphatic heterocycles. The van der Waals surface area contributed by atoms with Gasteiger partial charge in [-0.1, -0.05) is 25.7 Å². The van der Waals surface area contributed by atoms with Gasteiger partial charge in [-0.05, 0) is 32.1 Å².